The van der Waals surface area contributed by atoms with Gasteiger partial charge >= 0.3 is 5.97 Å². The summed E-state index contributed by atoms with van der Waals surface area (Å²) in [6, 6.07) is 5.76. The Morgan fingerprint density at radius 3 is 2.65 bits per heavy atom. The Morgan fingerprint density at radius 1 is 1.30 bits per heavy atom. The number of likely N-dealkylation sites (tertiary alicyclic amines) is 1. The molecule has 1 aliphatic rings. The first-order valence-electron chi connectivity index (χ1n) is 6.46. The summed E-state index contributed by atoms with van der Waals surface area (Å²) in [5.74, 6) is -1.30. The summed E-state index contributed by atoms with van der Waals surface area (Å²) in [6.07, 6.45) is -0.277. The minimum atomic E-state index is -1.10. The van der Waals surface area contributed by atoms with Crippen molar-refractivity contribution in [2.45, 2.75) is 31.4 Å². The van der Waals surface area contributed by atoms with Gasteiger partial charge < -0.3 is 20.2 Å². The number of phenols is 1. The van der Waals surface area contributed by atoms with E-state index in [-0.39, 0.29) is 31.0 Å². The molecule has 2 rings (SSSR count). The van der Waals surface area contributed by atoms with Crippen molar-refractivity contribution in [1.29, 1.82) is 0 Å². The fourth-order valence-electron chi connectivity index (χ4n) is 2.43. The van der Waals surface area contributed by atoms with Gasteiger partial charge in [-0.05, 0) is 18.1 Å². The first-order valence-corrected chi connectivity index (χ1v) is 6.46. The lowest BCUT2D eigenvalue weighted by atomic mass is 10.1. The van der Waals surface area contributed by atoms with Gasteiger partial charge in [0.25, 0.3) is 0 Å². The number of rotatable bonds is 4. The molecule has 0 bridgehead atoms. The number of hydrogen-bond donors (Lipinski definition) is 3. The molecule has 0 radical (unpaired) electrons. The van der Waals surface area contributed by atoms with E-state index in [9.17, 15) is 19.8 Å². The predicted molar refractivity (Wildman–Crippen MR) is 70.2 cm³/mol. The highest BCUT2D eigenvalue weighted by Gasteiger charge is 2.38. The third kappa shape index (κ3) is 3.08. The van der Waals surface area contributed by atoms with Crippen molar-refractivity contribution < 1.29 is 24.9 Å². The van der Waals surface area contributed by atoms with Crippen LogP contribution in [0.3, 0.4) is 0 Å². The van der Waals surface area contributed by atoms with Crippen molar-refractivity contribution in [1.82, 2.24) is 4.90 Å². The average Bonchev–Trinajstić information content (AvgIpc) is 2.80. The molecule has 1 heterocycles. The summed E-state index contributed by atoms with van der Waals surface area (Å²) >= 11 is 0. The topological polar surface area (TPSA) is 98.1 Å². The number of carboxylic acid groups (broad SMARTS) is 1. The molecule has 1 aliphatic heterocycles. The molecule has 6 nitrogen and oxygen atoms in total. The second-order valence-corrected chi connectivity index (χ2v) is 4.92. The minimum Gasteiger partial charge on any atom is -0.508 e. The molecule has 20 heavy (non-hydrogen) atoms. The fourth-order valence-corrected chi connectivity index (χ4v) is 2.43. The van der Waals surface area contributed by atoms with E-state index in [0.29, 0.717) is 12.0 Å². The van der Waals surface area contributed by atoms with Crippen LogP contribution < -0.4 is 0 Å². The van der Waals surface area contributed by atoms with Gasteiger partial charge in [0.1, 0.15) is 11.8 Å². The molecular weight excluding hydrogens is 262 g/mol. The number of aryl methyl sites for hydroxylation is 1. The predicted octanol–water partition coefficient (Wildman–Crippen LogP) is 0.371. The van der Waals surface area contributed by atoms with E-state index in [1.54, 1.807) is 24.3 Å². The normalized spacial score (nSPS) is 21.9. The number of nitrogens with zero attached hydrogens (tertiary/aromatic N) is 1. The zero-order valence-electron chi connectivity index (χ0n) is 10.9. The van der Waals surface area contributed by atoms with Gasteiger partial charge in [0.15, 0.2) is 0 Å². The second-order valence-electron chi connectivity index (χ2n) is 4.92. The Balaban J connectivity index is 1.98. The van der Waals surface area contributed by atoms with Crippen LogP contribution in [0.5, 0.6) is 5.75 Å². The van der Waals surface area contributed by atoms with E-state index in [2.05, 4.69) is 0 Å². The Bertz CT molecular complexity index is 516. The molecule has 108 valence electrons. The molecule has 2 atom stereocenters. The van der Waals surface area contributed by atoms with Crippen molar-refractivity contribution in [2.75, 3.05) is 6.54 Å². The number of β-amino-alcohol motifs (C(OH)–C–C–N with tert-alkyl or cyclic N) is 1. The number of aliphatic carboxylic acids is 1. The van der Waals surface area contributed by atoms with Gasteiger partial charge in [0.2, 0.25) is 5.91 Å². The number of aromatic hydroxyl groups is 1. The summed E-state index contributed by atoms with van der Waals surface area (Å²) in [5.41, 5.74) is 0.646. The fraction of sp³-hybridized carbons (Fsp3) is 0.429. The quantitative estimate of drug-likeness (QED) is 0.739. The van der Waals surface area contributed by atoms with Crippen molar-refractivity contribution in [3.63, 3.8) is 0 Å². The lowest BCUT2D eigenvalue weighted by Gasteiger charge is -2.21. The largest absolute Gasteiger partial charge is 0.508 e. The SMILES string of the molecule is O=C(O)[C@H]1C[C@@H](O)CN1C(=O)CCc1ccccc1O. The standard InChI is InChI=1S/C14H17NO5/c16-10-7-11(14(19)20)15(8-10)13(18)6-5-9-3-1-2-4-12(9)17/h1-4,10-11,16-17H,5-8H2,(H,19,20)/t10-,11-/m1/s1. The van der Waals surface area contributed by atoms with Crippen LogP contribution in [0.1, 0.15) is 18.4 Å². The maximum atomic E-state index is 12.1. The summed E-state index contributed by atoms with van der Waals surface area (Å²) in [6.45, 7) is 0.0522. The van der Waals surface area contributed by atoms with E-state index in [0.717, 1.165) is 0 Å². The van der Waals surface area contributed by atoms with Crippen LogP contribution in [0, 0.1) is 0 Å². The Morgan fingerprint density at radius 2 is 2.00 bits per heavy atom. The van der Waals surface area contributed by atoms with Crippen LogP contribution >= 0.6 is 0 Å². The highest BCUT2D eigenvalue weighted by molar-refractivity contribution is 5.84. The number of aliphatic hydroxyl groups excluding tert-OH is 1. The molecule has 1 aromatic carbocycles. The number of amides is 1. The highest BCUT2D eigenvalue weighted by atomic mass is 16.4. The maximum absolute atomic E-state index is 12.1. The van der Waals surface area contributed by atoms with Crippen molar-refractivity contribution in [3.8, 4) is 5.75 Å². The molecule has 1 aromatic rings. The van der Waals surface area contributed by atoms with Gasteiger partial charge in [0, 0.05) is 19.4 Å². The summed E-state index contributed by atoms with van der Waals surface area (Å²) in [5, 5.41) is 28.1. The monoisotopic (exact) mass is 279 g/mol. The molecule has 0 aromatic heterocycles. The van der Waals surface area contributed by atoms with Gasteiger partial charge in [-0.25, -0.2) is 4.79 Å². The van der Waals surface area contributed by atoms with Gasteiger partial charge in [-0.2, -0.15) is 0 Å². The lowest BCUT2D eigenvalue weighted by molar-refractivity contribution is -0.148. The Kier molecular flexibility index (Phi) is 4.24. The third-order valence-electron chi connectivity index (χ3n) is 3.48. The Labute approximate surface area is 116 Å². The highest BCUT2D eigenvalue weighted by Crippen LogP contribution is 2.22. The molecule has 0 saturated carbocycles. The van der Waals surface area contributed by atoms with Gasteiger partial charge in [-0.1, -0.05) is 18.2 Å². The number of hydrogen-bond acceptors (Lipinski definition) is 4. The summed E-state index contributed by atoms with van der Waals surface area (Å²) < 4.78 is 0. The van der Waals surface area contributed by atoms with Crippen LogP contribution in [0.2, 0.25) is 0 Å². The van der Waals surface area contributed by atoms with Gasteiger partial charge in [-0.3, -0.25) is 4.79 Å². The van der Waals surface area contributed by atoms with Crippen molar-refractivity contribution in [2.24, 2.45) is 0 Å². The van der Waals surface area contributed by atoms with E-state index in [1.807, 2.05) is 0 Å². The van der Waals surface area contributed by atoms with Gasteiger partial charge in [0.05, 0.1) is 6.10 Å². The van der Waals surface area contributed by atoms with E-state index < -0.39 is 18.1 Å². The molecule has 1 saturated heterocycles. The van der Waals surface area contributed by atoms with Crippen LogP contribution in [0.4, 0.5) is 0 Å². The molecular formula is C14H17NO5. The Hall–Kier alpha value is -2.08. The molecule has 0 unspecified atom stereocenters. The minimum absolute atomic E-state index is 0.0522. The zero-order chi connectivity index (χ0) is 14.7. The average molecular weight is 279 g/mol. The smallest absolute Gasteiger partial charge is 0.326 e. The first kappa shape index (κ1) is 14.3. The van der Waals surface area contributed by atoms with Gasteiger partial charge in [-0.15, -0.1) is 0 Å². The molecule has 1 amide bonds. The molecule has 1 fully saturated rings. The molecule has 6 heteroatoms. The van der Waals surface area contributed by atoms with E-state index in [4.69, 9.17) is 5.11 Å². The number of aliphatic hydroxyl groups is 1. The number of carbonyl (C=O) groups is 2. The van der Waals surface area contributed by atoms with Crippen molar-refractivity contribution in [3.05, 3.63) is 29.8 Å². The van der Waals surface area contributed by atoms with Crippen LogP contribution in [-0.4, -0.2) is 50.8 Å². The third-order valence-corrected chi connectivity index (χ3v) is 3.48. The number of benzene rings is 1. The number of carbonyl (C=O) groups excluding carboxylic acids is 1. The molecule has 0 spiro atoms. The van der Waals surface area contributed by atoms with Crippen molar-refractivity contribution >= 4 is 11.9 Å². The lowest BCUT2D eigenvalue weighted by Crippen LogP contribution is -2.40. The van der Waals surface area contributed by atoms with Crippen LogP contribution in [0.25, 0.3) is 0 Å². The summed E-state index contributed by atoms with van der Waals surface area (Å²) in [7, 11) is 0. The number of para-hydroxylation sites is 1. The van der Waals surface area contributed by atoms with Crippen LogP contribution in [-0.2, 0) is 16.0 Å². The first-order chi connectivity index (χ1) is 9.49. The maximum Gasteiger partial charge on any atom is 0.326 e. The van der Waals surface area contributed by atoms with E-state index >= 15 is 0 Å². The van der Waals surface area contributed by atoms with Crippen LogP contribution in [0.15, 0.2) is 24.3 Å². The second kappa shape index (κ2) is 5.92. The number of phenolic OH excluding ortho intramolecular Hbond substituents is 1. The molecule has 3 N–H and O–H groups in total. The molecule has 0 aliphatic carbocycles. The number of carboxylic acids is 1. The zero-order valence-corrected chi connectivity index (χ0v) is 10.9. The summed E-state index contributed by atoms with van der Waals surface area (Å²) in [4.78, 5) is 24.3. The van der Waals surface area contributed by atoms with E-state index in [1.165, 1.54) is 4.90 Å².